The summed E-state index contributed by atoms with van der Waals surface area (Å²) in [5.41, 5.74) is 5.99. The standard InChI is InChI=1S/C11H12FN3O2/c12-8-3-1-2-7(4-8)5-10-14-11(17-15-10)9(16)6-13/h1-4,9,16H,5-6,13H2/t9-/m0/s1. The molecule has 5 nitrogen and oxygen atoms in total. The molecule has 1 aromatic carbocycles. The molecule has 0 radical (unpaired) electrons. The van der Waals surface area contributed by atoms with Crippen LogP contribution in [0.15, 0.2) is 28.8 Å². The van der Waals surface area contributed by atoms with Gasteiger partial charge in [0.25, 0.3) is 5.89 Å². The van der Waals surface area contributed by atoms with Crippen LogP contribution in [0.3, 0.4) is 0 Å². The van der Waals surface area contributed by atoms with Gasteiger partial charge in [-0.15, -0.1) is 0 Å². The minimum atomic E-state index is -0.955. The average molecular weight is 237 g/mol. The molecule has 2 rings (SSSR count). The van der Waals surface area contributed by atoms with Gasteiger partial charge in [0.15, 0.2) is 5.82 Å². The summed E-state index contributed by atoms with van der Waals surface area (Å²) in [7, 11) is 0. The maximum absolute atomic E-state index is 12.9. The van der Waals surface area contributed by atoms with E-state index in [1.807, 2.05) is 0 Å². The van der Waals surface area contributed by atoms with Gasteiger partial charge in [-0.3, -0.25) is 0 Å². The van der Waals surface area contributed by atoms with Gasteiger partial charge in [0.05, 0.1) is 0 Å². The van der Waals surface area contributed by atoms with Gasteiger partial charge in [-0.2, -0.15) is 4.98 Å². The van der Waals surface area contributed by atoms with E-state index in [-0.39, 0.29) is 18.3 Å². The molecule has 0 unspecified atom stereocenters. The second-order valence-corrected chi connectivity index (χ2v) is 3.61. The number of hydrogen-bond donors (Lipinski definition) is 2. The van der Waals surface area contributed by atoms with Crippen molar-refractivity contribution in [2.45, 2.75) is 12.5 Å². The normalized spacial score (nSPS) is 12.6. The lowest BCUT2D eigenvalue weighted by Gasteiger charge is -1.98. The van der Waals surface area contributed by atoms with Crippen molar-refractivity contribution in [3.05, 3.63) is 47.4 Å². The number of aromatic nitrogens is 2. The predicted molar refractivity (Wildman–Crippen MR) is 57.5 cm³/mol. The quantitative estimate of drug-likeness (QED) is 0.821. The van der Waals surface area contributed by atoms with E-state index in [1.54, 1.807) is 12.1 Å². The fourth-order valence-corrected chi connectivity index (χ4v) is 1.40. The van der Waals surface area contributed by atoms with Gasteiger partial charge in [0.2, 0.25) is 0 Å². The van der Waals surface area contributed by atoms with E-state index >= 15 is 0 Å². The van der Waals surface area contributed by atoms with Gasteiger partial charge in [-0.25, -0.2) is 4.39 Å². The minimum Gasteiger partial charge on any atom is -0.382 e. The van der Waals surface area contributed by atoms with E-state index in [1.165, 1.54) is 12.1 Å². The molecule has 3 N–H and O–H groups in total. The number of nitrogens with zero attached hydrogens (tertiary/aromatic N) is 2. The summed E-state index contributed by atoms with van der Waals surface area (Å²) in [6.07, 6.45) is -0.609. The number of aliphatic hydroxyl groups is 1. The molecule has 1 aromatic heterocycles. The smallest absolute Gasteiger partial charge is 0.256 e. The lowest BCUT2D eigenvalue weighted by Crippen LogP contribution is -2.11. The molecule has 2 aromatic rings. The summed E-state index contributed by atoms with van der Waals surface area (Å²) in [6, 6.07) is 6.14. The Balaban J connectivity index is 2.11. The number of aliphatic hydroxyl groups excluding tert-OH is 1. The van der Waals surface area contributed by atoms with Crippen molar-refractivity contribution in [1.82, 2.24) is 10.1 Å². The highest BCUT2D eigenvalue weighted by Gasteiger charge is 2.14. The molecule has 0 aliphatic heterocycles. The van der Waals surface area contributed by atoms with Crippen molar-refractivity contribution in [3.63, 3.8) is 0 Å². The fourth-order valence-electron chi connectivity index (χ4n) is 1.40. The second kappa shape index (κ2) is 5.03. The second-order valence-electron chi connectivity index (χ2n) is 3.61. The van der Waals surface area contributed by atoms with Crippen LogP contribution in [0.4, 0.5) is 4.39 Å². The third-order valence-electron chi connectivity index (χ3n) is 2.24. The molecule has 0 saturated carbocycles. The number of nitrogens with two attached hydrogens (primary N) is 1. The first-order valence-electron chi connectivity index (χ1n) is 5.14. The zero-order valence-corrected chi connectivity index (χ0v) is 9.01. The Kier molecular flexibility index (Phi) is 3.46. The maximum atomic E-state index is 12.9. The Hall–Kier alpha value is -1.79. The summed E-state index contributed by atoms with van der Waals surface area (Å²) in [6.45, 7) is 0.0155. The number of halogens is 1. The summed E-state index contributed by atoms with van der Waals surface area (Å²) >= 11 is 0. The van der Waals surface area contributed by atoms with Crippen LogP contribution in [0.1, 0.15) is 23.4 Å². The van der Waals surface area contributed by atoms with Crippen LogP contribution < -0.4 is 5.73 Å². The van der Waals surface area contributed by atoms with Gasteiger partial charge in [-0.05, 0) is 17.7 Å². The Morgan fingerprint density at radius 1 is 1.47 bits per heavy atom. The van der Waals surface area contributed by atoms with Crippen LogP contribution in [-0.4, -0.2) is 21.8 Å². The fraction of sp³-hybridized carbons (Fsp3) is 0.273. The topological polar surface area (TPSA) is 85.2 Å². The van der Waals surface area contributed by atoms with Gasteiger partial charge in [0, 0.05) is 13.0 Å². The highest BCUT2D eigenvalue weighted by molar-refractivity contribution is 5.19. The van der Waals surface area contributed by atoms with E-state index < -0.39 is 6.10 Å². The average Bonchev–Trinajstić information content (AvgIpc) is 2.76. The van der Waals surface area contributed by atoms with E-state index in [9.17, 15) is 9.50 Å². The van der Waals surface area contributed by atoms with Gasteiger partial charge in [0.1, 0.15) is 11.9 Å². The highest BCUT2D eigenvalue weighted by Crippen LogP contribution is 2.12. The molecule has 90 valence electrons. The molecule has 0 bridgehead atoms. The van der Waals surface area contributed by atoms with Crippen molar-refractivity contribution in [3.8, 4) is 0 Å². The molecule has 0 aliphatic rings. The van der Waals surface area contributed by atoms with Crippen LogP contribution >= 0.6 is 0 Å². The third kappa shape index (κ3) is 2.86. The first kappa shape index (κ1) is 11.7. The van der Waals surface area contributed by atoms with Crippen molar-refractivity contribution in [2.75, 3.05) is 6.54 Å². The van der Waals surface area contributed by atoms with Crippen molar-refractivity contribution in [2.24, 2.45) is 5.73 Å². The van der Waals surface area contributed by atoms with Crippen LogP contribution in [-0.2, 0) is 6.42 Å². The Morgan fingerprint density at radius 3 is 3.00 bits per heavy atom. The van der Waals surface area contributed by atoms with Gasteiger partial charge >= 0.3 is 0 Å². The molecule has 0 aliphatic carbocycles. The van der Waals surface area contributed by atoms with Crippen LogP contribution in [0.25, 0.3) is 0 Å². The van der Waals surface area contributed by atoms with Crippen LogP contribution in [0.2, 0.25) is 0 Å². The Labute approximate surface area is 97.1 Å². The lowest BCUT2D eigenvalue weighted by molar-refractivity contribution is 0.141. The lowest BCUT2D eigenvalue weighted by atomic mass is 10.1. The summed E-state index contributed by atoms with van der Waals surface area (Å²) in [4.78, 5) is 3.98. The van der Waals surface area contributed by atoms with E-state index in [4.69, 9.17) is 10.3 Å². The Bertz CT molecular complexity index is 501. The number of hydrogen-bond acceptors (Lipinski definition) is 5. The van der Waals surface area contributed by atoms with Crippen molar-refractivity contribution >= 4 is 0 Å². The number of rotatable bonds is 4. The van der Waals surface area contributed by atoms with Crippen LogP contribution in [0, 0.1) is 5.82 Å². The van der Waals surface area contributed by atoms with Gasteiger partial charge < -0.3 is 15.4 Å². The molecule has 17 heavy (non-hydrogen) atoms. The molecule has 0 amide bonds. The zero-order chi connectivity index (χ0) is 12.3. The molecule has 0 spiro atoms. The molecular weight excluding hydrogens is 225 g/mol. The molecule has 0 saturated heterocycles. The van der Waals surface area contributed by atoms with Gasteiger partial charge in [-0.1, -0.05) is 17.3 Å². The number of benzene rings is 1. The summed E-state index contributed by atoms with van der Waals surface area (Å²) in [5.74, 6) is 0.158. The highest BCUT2D eigenvalue weighted by atomic mass is 19.1. The molecule has 1 heterocycles. The maximum Gasteiger partial charge on any atom is 0.256 e. The monoisotopic (exact) mass is 237 g/mol. The van der Waals surface area contributed by atoms with Crippen molar-refractivity contribution in [1.29, 1.82) is 0 Å². The minimum absolute atomic E-state index is 0.0155. The largest absolute Gasteiger partial charge is 0.382 e. The third-order valence-corrected chi connectivity index (χ3v) is 2.24. The van der Waals surface area contributed by atoms with Crippen molar-refractivity contribution < 1.29 is 14.0 Å². The van der Waals surface area contributed by atoms with E-state index in [2.05, 4.69) is 10.1 Å². The molecule has 1 atom stereocenters. The van der Waals surface area contributed by atoms with E-state index in [0.717, 1.165) is 5.56 Å². The SMILES string of the molecule is NC[C@H](O)c1nc(Cc2cccc(F)c2)no1. The molecule has 0 fully saturated rings. The Morgan fingerprint density at radius 2 is 2.29 bits per heavy atom. The molecular formula is C11H12FN3O2. The molecule has 6 heteroatoms. The van der Waals surface area contributed by atoms with E-state index in [0.29, 0.717) is 12.2 Å². The first-order valence-corrected chi connectivity index (χ1v) is 5.14. The predicted octanol–water partition coefficient (Wildman–Crippen LogP) is 0.792. The summed E-state index contributed by atoms with van der Waals surface area (Å²) in [5, 5.41) is 13.1. The summed E-state index contributed by atoms with van der Waals surface area (Å²) < 4.78 is 17.8. The van der Waals surface area contributed by atoms with Crippen LogP contribution in [0.5, 0.6) is 0 Å². The zero-order valence-electron chi connectivity index (χ0n) is 9.01. The first-order chi connectivity index (χ1) is 8.19.